The van der Waals surface area contributed by atoms with Gasteiger partial charge < -0.3 is 25.5 Å². The molecule has 0 unspecified atom stereocenters. The second-order valence-corrected chi connectivity index (χ2v) is 0.774. The molecule has 0 radical (unpaired) electrons. The number of hydrogen-bond acceptors (Lipinski definition) is 0. The summed E-state index contributed by atoms with van der Waals surface area (Å²) in [6.45, 7) is 0.639. The molecule has 0 fully saturated rings. The Morgan fingerprint density at radius 2 is 1.25 bits per heavy atom. The maximum atomic E-state index is 3.69. The molecule has 2 nitrogen and oxygen atoms in total. The van der Waals surface area contributed by atoms with Crippen molar-refractivity contribution in [1.82, 2.24) is 0 Å². The minimum Gasteiger partial charge on any atom is -0.683 e. The molecule has 0 N–H and O–H groups in total. The van der Waals surface area contributed by atoms with Crippen LogP contribution in [-0.2, 0) is 21.7 Å². The van der Waals surface area contributed by atoms with Crippen LogP contribution in [0.15, 0.2) is 0 Å². The molecule has 0 aromatic carbocycles. The van der Waals surface area contributed by atoms with E-state index in [1.807, 2.05) is 0 Å². The Hall–Kier alpha value is 0.634. The van der Waals surface area contributed by atoms with Gasteiger partial charge >= 0.3 is 21.7 Å². The van der Waals surface area contributed by atoms with Crippen molar-refractivity contribution in [2.24, 2.45) is 0 Å². The smallest absolute Gasteiger partial charge is 0.683 e. The van der Waals surface area contributed by atoms with Crippen LogP contribution in [0.25, 0.3) is 10.6 Å². The molecule has 0 saturated carbocycles. The van der Waals surface area contributed by atoms with Crippen molar-refractivity contribution in [3.63, 3.8) is 0 Å². The molecule has 3 heteroatoms. The van der Waals surface area contributed by atoms with Gasteiger partial charge in [-0.15, -0.1) is 0 Å². The molecular formula is C5H14N2Ti. The first-order valence-electron chi connectivity index (χ1n) is 1.53. The topological polar surface area (TPSA) is 28.2 Å². The van der Waals surface area contributed by atoms with Crippen molar-refractivity contribution >= 4 is 0 Å². The molecule has 0 atom stereocenters. The van der Waals surface area contributed by atoms with Crippen LogP contribution in [0.4, 0.5) is 0 Å². The fourth-order valence-electron chi connectivity index (χ4n) is 0.141. The van der Waals surface area contributed by atoms with Crippen LogP contribution in [0.5, 0.6) is 0 Å². The number of rotatable bonds is 2. The first kappa shape index (κ1) is 23.4. The van der Waals surface area contributed by atoms with Gasteiger partial charge in [-0.1, -0.05) is 0 Å². The predicted molar refractivity (Wildman–Crippen MR) is 36.3 cm³/mol. The van der Waals surface area contributed by atoms with Crippen molar-refractivity contribution in [1.29, 1.82) is 0 Å². The molecule has 0 aliphatic rings. The van der Waals surface area contributed by atoms with Crippen molar-refractivity contribution in [3.05, 3.63) is 25.5 Å². The molecular weight excluding hydrogens is 136 g/mol. The summed E-state index contributed by atoms with van der Waals surface area (Å²) in [4.78, 5) is 0. The fourth-order valence-corrected chi connectivity index (χ4v) is 0.141. The van der Waals surface area contributed by atoms with Crippen LogP contribution in [-0.4, -0.2) is 20.8 Å². The summed E-state index contributed by atoms with van der Waals surface area (Å²) in [7, 11) is 3.49. The van der Waals surface area contributed by atoms with E-state index in [0.717, 1.165) is 0 Å². The van der Waals surface area contributed by atoms with Crippen molar-refractivity contribution in [2.45, 2.75) is 0 Å². The van der Waals surface area contributed by atoms with Gasteiger partial charge in [-0.2, -0.15) is 14.1 Å². The van der Waals surface area contributed by atoms with E-state index in [1.165, 1.54) is 0 Å². The third kappa shape index (κ3) is 30.3. The SMILES string of the molecule is C[N-]C[N-]C.[CH3-].[CH3-].[Ti+4]. The Bertz CT molecular complexity index is 17.9. The Morgan fingerprint density at radius 1 is 1.00 bits per heavy atom. The average molecular weight is 150 g/mol. The van der Waals surface area contributed by atoms with Gasteiger partial charge in [0.05, 0.1) is 0 Å². The predicted octanol–water partition coefficient (Wildman–Crippen LogP) is 1.85. The van der Waals surface area contributed by atoms with Gasteiger partial charge in [-0.05, 0) is 0 Å². The van der Waals surface area contributed by atoms with Crippen LogP contribution in [0.1, 0.15) is 0 Å². The van der Waals surface area contributed by atoms with Gasteiger partial charge in [0.15, 0.2) is 0 Å². The van der Waals surface area contributed by atoms with Crippen LogP contribution in [0.3, 0.4) is 0 Å². The molecule has 0 heterocycles. The Balaban J connectivity index is -0.0000000267. The molecule has 0 aliphatic heterocycles. The summed E-state index contributed by atoms with van der Waals surface area (Å²) in [6, 6.07) is 0. The zero-order valence-corrected chi connectivity index (χ0v) is 7.66. The van der Waals surface area contributed by atoms with Gasteiger partial charge in [-0.3, -0.25) is 6.67 Å². The van der Waals surface area contributed by atoms with E-state index in [4.69, 9.17) is 0 Å². The monoisotopic (exact) mass is 150 g/mol. The van der Waals surface area contributed by atoms with Crippen molar-refractivity contribution in [3.8, 4) is 0 Å². The Labute approximate surface area is 68.3 Å². The molecule has 0 aromatic rings. The first-order valence-corrected chi connectivity index (χ1v) is 1.53. The van der Waals surface area contributed by atoms with Crippen molar-refractivity contribution in [2.75, 3.05) is 20.8 Å². The van der Waals surface area contributed by atoms with Gasteiger partial charge in [-0.25, -0.2) is 0 Å². The third-order valence-electron chi connectivity index (χ3n) is 0.283. The van der Waals surface area contributed by atoms with Gasteiger partial charge in [0.1, 0.15) is 0 Å². The zero-order valence-electron chi connectivity index (χ0n) is 6.10. The normalized spacial score (nSPS) is 5.25. The van der Waals surface area contributed by atoms with Crippen LogP contribution < -0.4 is 0 Å². The molecule has 8 heavy (non-hydrogen) atoms. The van der Waals surface area contributed by atoms with Crippen LogP contribution in [0.2, 0.25) is 0 Å². The number of nitrogens with zero attached hydrogens (tertiary/aromatic N) is 2. The minimum atomic E-state index is 0. The van der Waals surface area contributed by atoms with E-state index in [0.29, 0.717) is 6.67 Å². The van der Waals surface area contributed by atoms with Gasteiger partial charge in [0, 0.05) is 0 Å². The summed E-state index contributed by atoms with van der Waals surface area (Å²) in [5, 5.41) is 7.38. The molecule has 0 rings (SSSR count). The molecule has 0 spiro atoms. The molecule has 0 amide bonds. The van der Waals surface area contributed by atoms with E-state index in [1.54, 1.807) is 14.1 Å². The standard InChI is InChI=1S/C3H8N2.2CH3.Ti/c1-4-3-5-2;;;/h3H2,1-2H3;2*1H3;/q-2;2*-1;+4. The quantitative estimate of drug-likeness (QED) is 0.424. The van der Waals surface area contributed by atoms with Gasteiger partial charge in [0.25, 0.3) is 0 Å². The van der Waals surface area contributed by atoms with Crippen LogP contribution in [0, 0.1) is 14.9 Å². The fraction of sp³-hybridized carbons (Fsp3) is 0.600. The molecule has 0 aliphatic carbocycles. The third-order valence-corrected chi connectivity index (χ3v) is 0.283. The van der Waals surface area contributed by atoms with Crippen molar-refractivity contribution < 1.29 is 21.7 Å². The molecule has 0 bridgehead atoms. The Morgan fingerprint density at radius 3 is 1.25 bits per heavy atom. The van der Waals surface area contributed by atoms with E-state index < -0.39 is 0 Å². The van der Waals surface area contributed by atoms with E-state index in [2.05, 4.69) is 10.6 Å². The summed E-state index contributed by atoms with van der Waals surface area (Å²) >= 11 is 0. The first-order chi connectivity index (χ1) is 2.41. The zero-order chi connectivity index (χ0) is 4.12. The van der Waals surface area contributed by atoms with E-state index in [-0.39, 0.29) is 36.6 Å². The summed E-state index contributed by atoms with van der Waals surface area (Å²) < 4.78 is 0. The maximum Gasteiger partial charge on any atom is 4.00 e. The molecule has 0 saturated heterocycles. The summed E-state index contributed by atoms with van der Waals surface area (Å²) in [5.41, 5.74) is 0. The summed E-state index contributed by atoms with van der Waals surface area (Å²) in [5.74, 6) is 0. The maximum absolute atomic E-state index is 3.69. The summed E-state index contributed by atoms with van der Waals surface area (Å²) in [6.07, 6.45) is 0. The number of hydrogen-bond donors (Lipinski definition) is 0. The molecule has 48 valence electrons. The largest absolute Gasteiger partial charge is 4.00 e. The van der Waals surface area contributed by atoms with E-state index >= 15 is 0 Å². The minimum absolute atomic E-state index is 0. The second kappa shape index (κ2) is 25.4. The average Bonchev–Trinajstić information content (AvgIpc) is 1.41. The Kier molecular flexibility index (Phi) is 74.5. The van der Waals surface area contributed by atoms with E-state index in [9.17, 15) is 0 Å². The molecule has 0 aromatic heterocycles. The van der Waals surface area contributed by atoms with Gasteiger partial charge in [0.2, 0.25) is 0 Å². The van der Waals surface area contributed by atoms with Crippen LogP contribution >= 0.6 is 0 Å². The second-order valence-electron chi connectivity index (χ2n) is 0.774.